The molecule has 1 aliphatic carbocycles. The number of aromatic amines is 1. The summed E-state index contributed by atoms with van der Waals surface area (Å²) in [7, 11) is 0. The summed E-state index contributed by atoms with van der Waals surface area (Å²) in [6, 6.07) is 17.4. The Morgan fingerprint density at radius 1 is 1.14 bits per heavy atom. The number of nitrogens with one attached hydrogen (secondary N) is 2. The number of hydrogen-bond donors (Lipinski definition) is 2. The number of rotatable bonds is 7. The van der Waals surface area contributed by atoms with Gasteiger partial charge in [-0.2, -0.15) is 9.78 Å². The molecule has 0 spiro atoms. The number of imidazole rings is 1. The van der Waals surface area contributed by atoms with E-state index in [0.717, 1.165) is 46.7 Å². The molecule has 6 rings (SSSR count). The number of aromatic nitrogens is 6. The summed E-state index contributed by atoms with van der Waals surface area (Å²) in [6.45, 7) is 3.95. The minimum atomic E-state index is -0.256. The Kier molecular flexibility index (Phi) is 5.56. The average Bonchev–Trinajstić information content (AvgIpc) is 3.57. The molecule has 8 heteroatoms. The summed E-state index contributed by atoms with van der Waals surface area (Å²) in [4.78, 5) is 31.1. The lowest BCUT2D eigenvalue weighted by Crippen LogP contribution is -2.29. The Balaban J connectivity index is 1.37. The third-order valence-electron chi connectivity index (χ3n) is 6.66. The van der Waals surface area contributed by atoms with Crippen LogP contribution >= 0.6 is 0 Å². The van der Waals surface area contributed by atoms with Crippen LogP contribution in [0.5, 0.6) is 0 Å². The molecule has 180 valence electrons. The number of fused-ring (bicyclic) bond motifs is 1. The first-order chi connectivity index (χ1) is 17.6. The van der Waals surface area contributed by atoms with Gasteiger partial charge in [-0.05, 0) is 49.9 Å². The van der Waals surface area contributed by atoms with Gasteiger partial charge in [-0.25, -0.2) is 15.0 Å². The Bertz CT molecular complexity index is 1530. The van der Waals surface area contributed by atoms with Gasteiger partial charge in [0.05, 0.1) is 34.6 Å². The largest absolute Gasteiger partial charge is 0.342 e. The molecule has 36 heavy (non-hydrogen) atoms. The van der Waals surface area contributed by atoms with E-state index in [-0.39, 0.29) is 11.9 Å². The van der Waals surface area contributed by atoms with Gasteiger partial charge in [0.25, 0.3) is 5.91 Å². The fourth-order valence-corrected chi connectivity index (χ4v) is 4.59. The predicted molar refractivity (Wildman–Crippen MR) is 138 cm³/mol. The van der Waals surface area contributed by atoms with E-state index in [9.17, 15) is 4.79 Å². The van der Waals surface area contributed by atoms with Gasteiger partial charge in [0.15, 0.2) is 11.5 Å². The predicted octanol–water partition coefficient (Wildman–Crippen LogP) is 5.27. The molecule has 4 heterocycles. The number of carbonyl (C=O) groups excluding carboxylic acids is 1. The summed E-state index contributed by atoms with van der Waals surface area (Å²) >= 11 is 0. The zero-order valence-corrected chi connectivity index (χ0v) is 20.3. The van der Waals surface area contributed by atoms with Crippen molar-refractivity contribution in [3.05, 3.63) is 89.8 Å². The first kappa shape index (κ1) is 22.2. The summed E-state index contributed by atoms with van der Waals surface area (Å²) in [6.07, 6.45) is 6.42. The van der Waals surface area contributed by atoms with Crippen molar-refractivity contribution in [2.45, 2.75) is 45.1 Å². The van der Waals surface area contributed by atoms with E-state index in [1.807, 2.05) is 74.6 Å². The van der Waals surface area contributed by atoms with Gasteiger partial charge in [0.2, 0.25) is 0 Å². The van der Waals surface area contributed by atoms with Gasteiger partial charge in [-0.3, -0.25) is 4.79 Å². The van der Waals surface area contributed by atoms with Crippen LogP contribution in [-0.2, 0) is 0 Å². The molecule has 1 atom stereocenters. The molecular weight excluding hydrogens is 450 g/mol. The molecule has 1 saturated carbocycles. The minimum absolute atomic E-state index is 0.155. The van der Waals surface area contributed by atoms with Crippen molar-refractivity contribution in [3.63, 3.8) is 0 Å². The fourth-order valence-electron chi connectivity index (χ4n) is 4.59. The van der Waals surface area contributed by atoms with Crippen molar-refractivity contribution in [2.24, 2.45) is 0 Å². The zero-order valence-electron chi connectivity index (χ0n) is 20.3. The third kappa shape index (κ3) is 4.04. The number of H-pyrrole nitrogens is 1. The fraction of sp³-hybridized carbons (Fsp3) is 0.250. The van der Waals surface area contributed by atoms with Crippen LogP contribution in [0.15, 0.2) is 67.0 Å². The maximum atomic E-state index is 13.7. The molecule has 4 aromatic heterocycles. The van der Waals surface area contributed by atoms with E-state index in [1.165, 1.54) is 0 Å². The van der Waals surface area contributed by atoms with Crippen molar-refractivity contribution in [2.75, 3.05) is 0 Å². The van der Waals surface area contributed by atoms with E-state index in [4.69, 9.17) is 10.1 Å². The van der Waals surface area contributed by atoms with Crippen molar-refractivity contribution < 1.29 is 4.79 Å². The lowest BCUT2D eigenvalue weighted by Gasteiger charge is -2.16. The van der Waals surface area contributed by atoms with Gasteiger partial charge in [-0.15, -0.1) is 0 Å². The van der Waals surface area contributed by atoms with Gasteiger partial charge >= 0.3 is 0 Å². The van der Waals surface area contributed by atoms with Gasteiger partial charge in [0.1, 0.15) is 5.82 Å². The molecular formula is C28H27N7O. The highest BCUT2D eigenvalue weighted by molar-refractivity contribution is 6.07. The van der Waals surface area contributed by atoms with Crippen molar-refractivity contribution >= 4 is 16.9 Å². The maximum absolute atomic E-state index is 13.7. The van der Waals surface area contributed by atoms with Crippen LogP contribution in [0.2, 0.25) is 0 Å². The third-order valence-corrected chi connectivity index (χ3v) is 6.66. The highest BCUT2D eigenvalue weighted by Gasteiger charge is 2.30. The molecule has 1 aliphatic rings. The molecule has 1 aromatic carbocycles. The quantitative estimate of drug-likeness (QED) is 0.332. The first-order valence-electron chi connectivity index (χ1n) is 12.3. The van der Waals surface area contributed by atoms with Gasteiger partial charge < -0.3 is 10.3 Å². The molecule has 0 radical (unpaired) electrons. The van der Waals surface area contributed by atoms with Crippen LogP contribution in [0, 0.1) is 6.92 Å². The van der Waals surface area contributed by atoms with Crippen molar-refractivity contribution in [1.29, 1.82) is 0 Å². The van der Waals surface area contributed by atoms with Crippen LogP contribution in [-0.4, -0.2) is 35.6 Å². The van der Waals surface area contributed by atoms with Crippen LogP contribution in [0.4, 0.5) is 0 Å². The molecule has 1 amide bonds. The van der Waals surface area contributed by atoms with Crippen LogP contribution in [0.1, 0.15) is 65.7 Å². The highest BCUT2D eigenvalue weighted by Crippen LogP contribution is 2.40. The van der Waals surface area contributed by atoms with Crippen molar-refractivity contribution in [1.82, 2.24) is 35.0 Å². The van der Waals surface area contributed by atoms with E-state index < -0.39 is 0 Å². The Morgan fingerprint density at radius 3 is 2.67 bits per heavy atom. The van der Waals surface area contributed by atoms with E-state index in [2.05, 4.69) is 20.3 Å². The molecule has 1 fully saturated rings. The number of carbonyl (C=O) groups is 1. The monoisotopic (exact) mass is 477 g/mol. The second kappa shape index (κ2) is 9.03. The number of amides is 1. The number of hydrogen-bond acceptors (Lipinski definition) is 5. The lowest BCUT2D eigenvalue weighted by molar-refractivity contribution is 0.0935. The maximum Gasteiger partial charge on any atom is 0.252 e. The SMILES string of the molecule is CCC(NC(=O)c1cc(C2CC2)nc2c1c(C)nn2-c1ccccn1)c1ncc(-c2ccccc2)[nH]1. The summed E-state index contributed by atoms with van der Waals surface area (Å²) < 4.78 is 1.74. The smallest absolute Gasteiger partial charge is 0.252 e. The van der Waals surface area contributed by atoms with Crippen LogP contribution in [0.3, 0.4) is 0 Å². The minimum Gasteiger partial charge on any atom is -0.342 e. The number of aryl methyl sites for hydroxylation is 1. The Hall–Kier alpha value is -4.33. The number of benzene rings is 1. The van der Waals surface area contributed by atoms with Gasteiger partial charge in [0, 0.05) is 17.8 Å². The molecule has 0 bridgehead atoms. The molecule has 1 unspecified atom stereocenters. The Labute approximate surface area is 208 Å². The summed E-state index contributed by atoms with van der Waals surface area (Å²) in [5.41, 5.74) is 4.91. The summed E-state index contributed by atoms with van der Waals surface area (Å²) in [5.74, 6) is 1.64. The number of nitrogens with zero attached hydrogens (tertiary/aromatic N) is 5. The average molecular weight is 478 g/mol. The molecule has 8 nitrogen and oxygen atoms in total. The van der Waals surface area contributed by atoms with Crippen molar-refractivity contribution in [3.8, 4) is 17.1 Å². The first-order valence-corrected chi connectivity index (χ1v) is 12.3. The highest BCUT2D eigenvalue weighted by atomic mass is 16.1. The second-order valence-electron chi connectivity index (χ2n) is 9.24. The molecule has 5 aromatic rings. The Morgan fingerprint density at radius 2 is 1.94 bits per heavy atom. The van der Waals surface area contributed by atoms with E-state index in [1.54, 1.807) is 10.9 Å². The lowest BCUT2D eigenvalue weighted by atomic mass is 10.1. The number of pyridine rings is 2. The van der Waals surface area contributed by atoms with Gasteiger partial charge in [-0.1, -0.05) is 43.3 Å². The topological polar surface area (TPSA) is 101 Å². The van der Waals surface area contributed by atoms with E-state index in [0.29, 0.717) is 29.4 Å². The van der Waals surface area contributed by atoms with E-state index >= 15 is 0 Å². The normalized spacial score (nSPS) is 14.2. The van der Waals surface area contributed by atoms with Crippen LogP contribution in [0.25, 0.3) is 28.1 Å². The molecule has 0 saturated heterocycles. The van der Waals surface area contributed by atoms with Crippen LogP contribution < -0.4 is 5.32 Å². The molecule has 2 N–H and O–H groups in total. The summed E-state index contributed by atoms with van der Waals surface area (Å²) in [5, 5.41) is 8.67. The zero-order chi connectivity index (χ0) is 24.6. The standard InChI is InChI=1S/C28H27N7O/c1-3-21(26-30-16-23(31-26)18-9-5-4-6-10-18)33-28(36)20-15-22(19-12-13-19)32-27-25(20)17(2)34-35(27)24-11-7-8-14-29-24/h4-11,14-16,19,21H,3,12-13H2,1-2H3,(H,30,31)(H,33,36). The second-order valence-corrected chi connectivity index (χ2v) is 9.24. The molecule has 0 aliphatic heterocycles.